The van der Waals surface area contributed by atoms with Crippen LogP contribution in [0, 0.1) is 20.8 Å². The van der Waals surface area contributed by atoms with Gasteiger partial charge in [0.25, 0.3) is 5.91 Å². The minimum absolute atomic E-state index is 0.00407. The summed E-state index contributed by atoms with van der Waals surface area (Å²) in [4.78, 5) is 17.2. The Hall–Kier alpha value is -3.60. The van der Waals surface area contributed by atoms with Crippen LogP contribution in [0.25, 0.3) is 11.0 Å². The molecule has 0 saturated heterocycles. The highest BCUT2D eigenvalue weighted by atomic mass is 16.5. The van der Waals surface area contributed by atoms with Crippen LogP contribution in [0.3, 0.4) is 0 Å². The normalized spacial score (nSPS) is 11.1. The summed E-state index contributed by atoms with van der Waals surface area (Å²) in [6.45, 7) is 8.25. The quantitative estimate of drug-likeness (QED) is 0.267. The molecule has 1 N–H and O–H groups in total. The van der Waals surface area contributed by atoms with E-state index < -0.39 is 0 Å². The van der Waals surface area contributed by atoms with Gasteiger partial charge in [0, 0.05) is 18.5 Å². The highest BCUT2D eigenvalue weighted by Crippen LogP contribution is 2.21. The average Bonchev–Trinajstić information content (AvgIpc) is 3.20. The molecule has 4 aromatic rings. The Morgan fingerprint density at radius 1 is 0.914 bits per heavy atom. The molecule has 5 nitrogen and oxygen atoms in total. The second kappa shape index (κ2) is 11.7. The molecule has 1 aromatic heterocycles. The summed E-state index contributed by atoms with van der Waals surface area (Å²) in [5.41, 5.74) is 6.45. The largest absolute Gasteiger partial charge is 0.491 e. The van der Waals surface area contributed by atoms with Gasteiger partial charge in [-0.1, -0.05) is 53.9 Å². The van der Waals surface area contributed by atoms with E-state index in [1.807, 2.05) is 37.3 Å². The molecule has 0 aliphatic carbocycles. The highest BCUT2D eigenvalue weighted by Gasteiger charge is 2.11. The van der Waals surface area contributed by atoms with Crippen LogP contribution in [-0.2, 0) is 13.0 Å². The Labute approximate surface area is 208 Å². The van der Waals surface area contributed by atoms with Crippen molar-refractivity contribution < 1.29 is 9.53 Å². The van der Waals surface area contributed by atoms with E-state index in [-0.39, 0.29) is 5.91 Å². The number of hydrogen-bond acceptors (Lipinski definition) is 3. The lowest BCUT2D eigenvalue weighted by molar-refractivity contribution is 0.0953. The minimum atomic E-state index is -0.00407. The number of aromatic nitrogens is 2. The van der Waals surface area contributed by atoms with Crippen LogP contribution in [0.2, 0.25) is 0 Å². The predicted octanol–water partition coefficient (Wildman–Crippen LogP) is 6.18. The molecule has 0 radical (unpaired) electrons. The zero-order chi connectivity index (χ0) is 24.6. The van der Waals surface area contributed by atoms with Gasteiger partial charge in [0.15, 0.2) is 0 Å². The third kappa shape index (κ3) is 6.50. The highest BCUT2D eigenvalue weighted by molar-refractivity contribution is 5.94. The van der Waals surface area contributed by atoms with Crippen molar-refractivity contribution in [3.63, 3.8) is 0 Å². The first-order chi connectivity index (χ1) is 17.0. The SMILES string of the molecule is Cc1ccc(C(=O)NCCCCCc2nc3ccccc3n2CCOc2ccc(C)cc2C)cc1. The Morgan fingerprint density at radius 3 is 2.49 bits per heavy atom. The molecule has 0 atom stereocenters. The Kier molecular flexibility index (Phi) is 8.19. The van der Waals surface area contributed by atoms with Gasteiger partial charge in [-0.2, -0.15) is 0 Å². The molecule has 0 fully saturated rings. The fourth-order valence-electron chi connectivity index (χ4n) is 4.37. The zero-order valence-corrected chi connectivity index (χ0v) is 21.0. The molecule has 1 amide bonds. The number of carbonyl (C=O) groups is 1. The van der Waals surface area contributed by atoms with Gasteiger partial charge < -0.3 is 14.6 Å². The average molecular weight is 470 g/mol. The van der Waals surface area contributed by atoms with Gasteiger partial charge >= 0.3 is 0 Å². The maximum Gasteiger partial charge on any atom is 0.251 e. The molecule has 5 heteroatoms. The number of fused-ring (bicyclic) bond motifs is 1. The van der Waals surface area contributed by atoms with Crippen LogP contribution in [0.4, 0.5) is 0 Å². The summed E-state index contributed by atoms with van der Waals surface area (Å²) in [6.07, 6.45) is 3.93. The number of nitrogens with one attached hydrogen (secondary N) is 1. The van der Waals surface area contributed by atoms with E-state index in [0.717, 1.165) is 66.0 Å². The van der Waals surface area contributed by atoms with Crippen molar-refractivity contribution in [2.24, 2.45) is 0 Å². The summed E-state index contributed by atoms with van der Waals surface area (Å²) >= 11 is 0. The number of amides is 1. The van der Waals surface area contributed by atoms with Crippen molar-refractivity contribution in [3.05, 3.63) is 94.8 Å². The topological polar surface area (TPSA) is 56.2 Å². The third-order valence-electron chi connectivity index (χ3n) is 6.31. The lowest BCUT2D eigenvalue weighted by atomic mass is 10.1. The number of benzene rings is 3. The van der Waals surface area contributed by atoms with E-state index in [1.54, 1.807) is 0 Å². The summed E-state index contributed by atoms with van der Waals surface area (Å²) in [5.74, 6) is 2.03. The molecule has 0 bridgehead atoms. The van der Waals surface area contributed by atoms with Crippen LogP contribution in [0.15, 0.2) is 66.7 Å². The van der Waals surface area contributed by atoms with Crippen molar-refractivity contribution >= 4 is 16.9 Å². The molecule has 182 valence electrons. The van der Waals surface area contributed by atoms with E-state index in [0.29, 0.717) is 18.7 Å². The molecular weight excluding hydrogens is 434 g/mol. The van der Waals surface area contributed by atoms with Crippen LogP contribution in [0.1, 0.15) is 52.1 Å². The molecule has 3 aromatic carbocycles. The van der Waals surface area contributed by atoms with Gasteiger partial charge in [-0.05, 0) is 69.5 Å². The third-order valence-corrected chi connectivity index (χ3v) is 6.31. The van der Waals surface area contributed by atoms with Gasteiger partial charge in [0.1, 0.15) is 18.2 Å². The molecule has 0 saturated carbocycles. The number of nitrogens with zero attached hydrogens (tertiary/aromatic N) is 2. The molecule has 0 spiro atoms. The zero-order valence-electron chi connectivity index (χ0n) is 21.0. The Balaban J connectivity index is 1.28. The molecule has 0 aliphatic rings. The van der Waals surface area contributed by atoms with Crippen LogP contribution in [-0.4, -0.2) is 28.6 Å². The second-order valence-corrected chi connectivity index (χ2v) is 9.22. The first-order valence-corrected chi connectivity index (χ1v) is 12.5. The number of aryl methyl sites for hydroxylation is 4. The number of unbranched alkanes of at least 4 members (excludes halogenated alkanes) is 2. The van der Waals surface area contributed by atoms with Gasteiger partial charge in [0.05, 0.1) is 17.6 Å². The van der Waals surface area contributed by atoms with Crippen molar-refractivity contribution in [3.8, 4) is 5.75 Å². The van der Waals surface area contributed by atoms with Gasteiger partial charge in [-0.25, -0.2) is 4.98 Å². The molecular formula is C30H35N3O2. The standard InChI is InChI=1S/C30H35N3O2/c1-22-12-15-25(16-13-22)30(34)31-18-8-4-5-11-29-32-26-9-6-7-10-27(26)33(29)19-20-35-28-17-14-23(2)21-24(28)3/h6-7,9-10,12-17,21H,4-5,8,11,18-20H2,1-3H3,(H,31,34). The second-order valence-electron chi connectivity index (χ2n) is 9.22. The van der Waals surface area contributed by atoms with Crippen LogP contribution < -0.4 is 10.1 Å². The fourth-order valence-corrected chi connectivity index (χ4v) is 4.37. The maximum atomic E-state index is 12.3. The number of carbonyl (C=O) groups excluding carboxylic acids is 1. The first kappa shape index (κ1) is 24.5. The number of para-hydroxylation sites is 2. The molecule has 35 heavy (non-hydrogen) atoms. The first-order valence-electron chi connectivity index (χ1n) is 12.5. The molecule has 4 rings (SSSR count). The maximum absolute atomic E-state index is 12.3. The summed E-state index contributed by atoms with van der Waals surface area (Å²) in [5, 5.41) is 3.03. The van der Waals surface area contributed by atoms with Crippen LogP contribution in [0.5, 0.6) is 5.75 Å². The lowest BCUT2D eigenvalue weighted by Gasteiger charge is -2.13. The summed E-state index contributed by atoms with van der Waals surface area (Å²) < 4.78 is 8.39. The van der Waals surface area contributed by atoms with Gasteiger partial charge in [-0.15, -0.1) is 0 Å². The number of rotatable bonds is 11. The van der Waals surface area contributed by atoms with E-state index in [4.69, 9.17) is 9.72 Å². The van der Waals surface area contributed by atoms with Crippen molar-refractivity contribution in [2.75, 3.05) is 13.2 Å². The lowest BCUT2D eigenvalue weighted by Crippen LogP contribution is -2.24. The van der Waals surface area contributed by atoms with Crippen molar-refractivity contribution in [1.82, 2.24) is 14.9 Å². The van der Waals surface area contributed by atoms with Crippen molar-refractivity contribution in [1.29, 1.82) is 0 Å². The summed E-state index contributed by atoms with van der Waals surface area (Å²) in [6, 6.07) is 22.3. The van der Waals surface area contributed by atoms with E-state index in [2.05, 4.69) is 60.1 Å². The van der Waals surface area contributed by atoms with Crippen LogP contribution >= 0.6 is 0 Å². The predicted molar refractivity (Wildman–Crippen MR) is 142 cm³/mol. The number of ether oxygens (including phenoxy) is 1. The minimum Gasteiger partial charge on any atom is -0.491 e. The monoisotopic (exact) mass is 469 g/mol. The Bertz CT molecular complexity index is 1270. The fraction of sp³-hybridized carbons (Fsp3) is 0.333. The Morgan fingerprint density at radius 2 is 1.69 bits per heavy atom. The van der Waals surface area contributed by atoms with E-state index in [9.17, 15) is 4.79 Å². The van der Waals surface area contributed by atoms with Gasteiger partial charge in [-0.3, -0.25) is 4.79 Å². The van der Waals surface area contributed by atoms with E-state index >= 15 is 0 Å². The number of imidazole rings is 1. The molecule has 0 aliphatic heterocycles. The smallest absolute Gasteiger partial charge is 0.251 e. The van der Waals surface area contributed by atoms with E-state index in [1.165, 1.54) is 5.56 Å². The molecule has 1 heterocycles. The van der Waals surface area contributed by atoms with Gasteiger partial charge in [0.2, 0.25) is 0 Å². The number of hydrogen-bond donors (Lipinski definition) is 1. The summed E-state index contributed by atoms with van der Waals surface area (Å²) in [7, 11) is 0. The van der Waals surface area contributed by atoms with Crippen molar-refractivity contribution in [2.45, 2.75) is 53.0 Å². The molecule has 0 unspecified atom stereocenters.